The molecule has 2 N–H and O–H groups in total. The molecule has 0 aliphatic rings. The molecule has 1 aromatic carbocycles. The Morgan fingerprint density at radius 3 is 3.05 bits per heavy atom. The van der Waals surface area contributed by atoms with E-state index in [1.54, 1.807) is 4.68 Å². The lowest BCUT2D eigenvalue weighted by molar-refractivity contribution is -0.107. The minimum absolute atomic E-state index is 0.491. The number of anilines is 1. The average molecular weight is 272 g/mol. The number of thiazole rings is 1. The first kappa shape index (κ1) is 11.9. The van der Waals surface area contributed by atoms with Gasteiger partial charge < -0.3 is 10.5 Å². The molecule has 96 valence electrons. The summed E-state index contributed by atoms with van der Waals surface area (Å²) < 4.78 is 1.75. The lowest BCUT2D eigenvalue weighted by Crippen LogP contribution is -1.97. The number of fused-ring (bicyclic) bond motifs is 1. The molecular formula is C13H12N4OS. The van der Waals surface area contributed by atoms with Gasteiger partial charge in [0.15, 0.2) is 5.82 Å². The summed E-state index contributed by atoms with van der Waals surface area (Å²) in [4.78, 5) is 14.9. The molecule has 0 aliphatic heterocycles. The number of aryl methyl sites for hydroxylation is 1. The van der Waals surface area contributed by atoms with Crippen LogP contribution in [0.4, 0.5) is 5.82 Å². The molecule has 0 amide bonds. The van der Waals surface area contributed by atoms with Crippen molar-refractivity contribution in [1.29, 1.82) is 0 Å². The predicted octanol–water partition coefficient (Wildman–Crippen LogP) is 2.20. The number of carbonyl (C=O) groups excluding carboxylic acids is 1. The fourth-order valence-corrected chi connectivity index (χ4v) is 2.77. The van der Waals surface area contributed by atoms with E-state index in [1.807, 2.05) is 29.6 Å². The fourth-order valence-electron chi connectivity index (χ4n) is 1.95. The van der Waals surface area contributed by atoms with Crippen LogP contribution in [0, 0.1) is 0 Å². The Morgan fingerprint density at radius 1 is 1.37 bits per heavy atom. The van der Waals surface area contributed by atoms with E-state index in [4.69, 9.17) is 5.73 Å². The molecule has 0 radical (unpaired) electrons. The largest absolute Gasteiger partial charge is 0.382 e. The normalized spacial score (nSPS) is 10.9. The molecule has 0 unspecified atom stereocenters. The van der Waals surface area contributed by atoms with E-state index in [0.717, 1.165) is 28.0 Å². The van der Waals surface area contributed by atoms with Gasteiger partial charge in [-0.1, -0.05) is 12.1 Å². The first-order chi connectivity index (χ1) is 9.29. The zero-order chi connectivity index (χ0) is 13.2. The van der Waals surface area contributed by atoms with Crippen molar-refractivity contribution < 1.29 is 4.79 Å². The topological polar surface area (TPSA) is 73.8 Å². The first-order valence-electron chi connectivity index (χ1n) is 5.91. The van der Waals surface area contributed by atoms with Crippen LogP contribution in [0.25, 0.3) is 16.0 Å². The number of hydrogen-bond donors (Lipinski definition) is 1. The summed E-state index contributed by atoms with van der Waals surface area (Å²) in [7, 11) is 0. The van der Waals surface area contributed by atoms with Gasteiger partial charge in [-0.05, 0) is 18.6 Å². The van der Waals surface area contributed by atoms with Crippen LogP contribution in [0.1, 0.15) is 12.1 Å². The van der Waals surface area contributed by atoms with E-state index >= 15 is 0 Å². The third-order valence-electron chi connectivity index (χ3n) is 2.86. The van der Waals surface area contributed by atoms with Crippen LogP contribution in [-0.2, 0) is 11.2 Å². The Bertz CT molecular complexity index is 731. The van der Waals surface area contributed by atoms with Crippen molar-refractivity contribution >= 4 is 34.3 Å². The Hall–Kier alpha value is -2.21. The van der Waals surface area contributed by atoms with Gasteiger partial charge in [-0.25, -0.2) is 9.67 Å². The number of carbonyl (C=O) groups is 1. The second-order valence-electron chi connectivity index (χ2n) is 4.14. The summed E-state index contributed by atoms with van der Waals surface area (Å²) >= 11 is 1.50. The average Bonchev–Trinajstić information content (AvgIpc) is 3.02. The summed E-state index contributed by atoms with van der Waals surface area (Å²) in [6, 6.07) is 7.78. The van der Waals surface area contributed by atoms with Gasteiger partial charge in [0.1, 0.15) is 6.29 Å². The van der Waals surface area contributed by atoms with Crippen LogP contribution in [0.2, 0.25) is 0 Å². The number of benzene rings is 1. The van der Waals surface area contributed by atoms with Crippen LogP contribution in [-0.4, -0.2) is 21.1 Å². The Balaban J connectivity index is 2.04. The number of rotatable bonds is 4. The lowest BCUT2D eigenvalue weighted by atomic mass is 10.2. The summed E-state index contributed by atoms with van der Waals surface area (Å²) in [5, 5.41) is 7.97. The molecule has 3 aromatic rings. The van der Waals surface area contributed by atoms with Gasteiger partial charge >= 0.3 is 0 Å². The number of nitrogens with zero attached hydrogens (tertiary/aromatic N) is 3. The smallest absolute Gasteiger partial charge is 0.211 e. The van der Waals surface area contributed by atoms with Crippen molar-refractivity contribution in [2.45, 2.75) is 12.8 Å². The molecule has 0 bridgehead atoms. The van der Waals surface area contributed by atoms with Crippen molar-refractivity contribution in [3.63, 3.8) is 0 Å². The number of aldehydes is 1. The van der Waals surface area contributed by atoms with Gasteiger partial charge in [0.25, 0.3) is 0 Å². The van der Waals surface area contributed by atoms with Gasteiger partial charge in [0.05, 0.1) is 11.2 Å². The van der Waals surface area contributed by atoms with Crippen LogP contribution in [0.5, 0.6) is 0 Å². The maximum absolute atomic E-state index is 10.4. The van der Waals surface area contributed by atoms with Crippen LogP contribution >= 0.6 is 11.3 Å². The standard InChI is InChI=1S/C13H12N4OS/c14-12-10-5-1-2-6-11(10)17(16-12)13-15-9(8-19-13)4-3-7-18/h1-2,5-8H,3-4H2,(H2,14,16). The molecule has 0 saturated carbocycles. The Morgan fingerprint density at radius 2 is 2.21 bits per heavy atom. The fraction of sp³-hybridized carbons (Fsp3) is 0.154. The van der Waals surface area contributed by atoms with Gasteiger partial charge in [-0.2, -0.15) is 0 Å². The first-order valence-corrected chi connectivity index (χ1v) is 6.79. The summed E-state index contributed by atoms with van der Waals surface area (Å²) in [6.45, 7) is 0. The zero-order valence-corrected chi connectivity index (χ0v) is 10.9. The molecule has 6 heteroatoms. The van der Waals surface area contributed by atoms with Gasteiger partial charge in [0, 0.05) is 17.2 Å². The highest BCUT2D eigenvalue weighted by Gasteiger charge is 2.11. The molecule has 0 aliphatic carbocycles. The highest BCUT2D eigenvalue weighted by atomic mass is 32.1. The number of para-hydroxylation sites is 1. The highest BCUT2D eigenvalue weighted by Crippen LogP contribution is 2.25. The number of nitrogen functional groups attached to an aromatic ring is 1. The minimum atomic E-state index is 0.491. The van der Waals surface area contributed by atoms with E-state index in [1.165, 1.54) is 11.3 Å². The molecule has 0 saturated heterocycles. The van der Waals surface area contributed by atoms with E-state index in [9.17, 15) is 4.79 Å². The molecule has 0 fully saturated rings. The second-order valence-corrected chi connectivity index (χ2v) is 4.98. The Labute approximate surface area is 113 Å². The van der Waals surface area contributed by atoms with Crippen molar-refractivity contribution in [2.24, 2.45) is 0 Å². The molecule has 0 spiro atoms. The Kier molecular flexibility index (Phi) is 3.00. The summed E-state index contributed by atoms with van der Waals surface area (Å²) in [5.74, 6) is 0.500. The molecule has 2 aromatic heterocycles. The van der Waals surface area contributed by atoms with Crippen molar-refractivity contribution in [1.82, 2.24) is 14.8 Å². The van der Waals surface area contributed by atoms with E-state index in [-0.39, 0.29) is 0 Å². The minimum Gasteiger partial charge on any atom is -0.382 e. The SMILES string of the molecule is Nc1nn(-c2nc(CCC=O)cs2)c2ccccc12. The molecular weight excluding hydrogens is 260 g/mol. The van der Waals surface area contributed by atoms with Crippen molar-refractivity contribution in [3.8, 4) is 5.13 Å². The number of nitrogens with two attached hydrogens (primary N) is 1. The zero-order valence-electron chi connectivity index (χ0n) is 10.1. The van der Waals surface area contributed by atoms with Gasteiger partial charge in [-0.3, -0.25) is 0 Å². The third kappa shape index (κ3) is 2.10. The summed E-state index contributed by atoms with van der Waals surface area (Å²) in [6.07, 6.45) is 2.06. The van der Waals surface area contributed by atoms with E-state index in [2.05, 4.69) is 10.1 Å². The predicted molar refractivity (Wildman–Crippen MR) is 75.5 cm³/mol. The molecule has 3 rings (SSSR count). The monoisotopic (exact) mass is 272 g/mol. The van der Waals surface area contributed by atoms with E-state index in [0.29, 0.717) is 18.7 Å². The van der Waals surface area contributed by atoms with Crippen LogP contribution in [0.15, 0.2) is 29.6 Å². The highest BCUT2D eigenvalue weighted by molar-refractivity contribution is 7.12. The van der Waals surface area contributed by atoms with Crippen molar-refractivity contribution in [3.05, 3.63) is 35.3 Å². The van der Waals surface area contributed by atoms with Gasteiger partial charge in [-0.15, -0.1) is 16.4 Å². The number of aromatic nitrogens is 3. The molecule has 0 atom stereocenters. The van der Waals surface area contributed by atoms with Crippen LogP contribution < -0.4 is 5.73 Å². The lowest BCUT2D eigenvalue weighted by Gasteiger charge is -1.97. The van der Waals surface area contributed by atoms with Crippen molar-refractivity contribution in [2.75, 3.05) is 5.73 Å². The van der Waals surface area contributed by atoms with Gasteiger partial charge in [0.2, 0.25) is 5.13 Å². The molecule has 5 nitrogen and oxygen atoms in total. The molecule has 19 heavy (non-hydrogen) atoms. The maximum atomic E-state index is 10.4. The van der Waals surface area contributed by atoms with E-state index < -0.39 is 0 Å². The molecule has 2 heterocycles. The maximum Gasteiger partial charge on any atom is 0.211 e. The van der Waals surface area contributed by atoms with Crippen LogP contribution in [0.3, 0.4) is 0 Å². The summed E-state index contributed by atoms with van der Waals surface area (Å²) in [5.41, 5.74) is 7.75. The third-order valence-corrected chi connectivity index (χ3v) is 3.72. The second kappa shape index (κ2) is 4.81. The number of hydrogen-bond acceptors (Lipinski definition) is 5. The quantitative estimate of drug-likeness (QED) is 0.739.